The first-order valence-corrected chi connectivity index (χ1v) is 6.37. The molecule has 1 aromatic rings. The number of aromatic hydroxyl groups is 1. The van der Waals surface area contributed by atoms with Gasteiger partial charge in [-0.1, -0.05) is 17.7 Å². The van der Waals surface area contributed by atoms with Gasteiger partial charge < -0.3 is 16.6 Å². The molecule has 1 rings (SSSR count). The Hall–Kier alpha value is -1.06. The lowest BCUT2D eigenvalue weighted by molar-refractivity contribution is 0.432. The summed E-state index contributed by atoms with van der Waals surface area (Å²) in [6.45, 7) is 9.87. The Bertz CT molecular complexity index is 388. The summed E-state index contributed by atoms with van der Waals surface area (Å²) in [7, 11) is 0. The van der Waals surface area contributed by atoms with Gasteiger partial charge in [-0.2, -0.15) is 0 Å². The molecule has 18 heavy (non-hydrogen) atoms. The van der Waals surface area contributed by atoms with E-state index >= 15 is 0 Å². The molecule has 0 radical (unpaired) electrons. The highest BCUT2D eigenvalue weighted by molar-refractivity contribution is 5.45. The summed E-state index contributed by atoms with van der Waals surface area (Å²) in [5.41, 5.74) is 14.3. The van der Waals surface area contributed by atoms with Crippen molar-refractivity contribution in [2.45, 2.75) is 58.5 Å². The predicted molar refractivity (Wildman–Crippen MR) is 76.8 cm³/mol. The third kappa shape index (κ3) is 4.67. The number of rotatable bonds is 4. The topological polar surface area (TPSA) is 72.3 Å². The lowest BCUT2D eigenvalue weighted by Crippen LogP contribution is -2.35. The van der Waals surface area contributed by atoms with E-state index in [1.807, 2.05) is 46.8 Å². The second-order valence-electron chi connectivity index (χ2n) is 6.76. The average molecular weight is 250 g/mol. The molecule has 1 aromatic carbocycles. The molecule has 0 fully saturated rings. The van der Waals surface area contributed by atoms with E-state index in [0.717, 1.165) is 16.7 Å². The monoisotopic (exact) mass is 250 g/mol. The summed E-state index contributed by atoms with van der Waals surface area (Å²) < 4.78 is 0. The molecule has 0 heterocycles. The van der Waals surface area contributed by atoms with Crippen LogP contribution in [0.15, 0.2) is 12.1 Å². The van der Waals surface area contributed by atoms with Gasteiger partial charge in [-0.25, -0.2) is 0 Å². The van der Waals surface area contributed by atoms with Gasteiger partial charge in [-0.15, -0.1) is 0 Å². The standard InChI is InChI=1S/C15H26N2O/c1-10-6-11(8-14(2,3)16)13(18)12(7-10)9-15(4,5)17/h6-7,18H,8-9,16-17H2,1-5H3. The van der Waals surface area contributed by atoms with Crippen molar-refractivity contribution in [3.8, 4) is 5.75 Å². The van der Waals surface area contributed by atoms with E-state index in [1.54, 1.807) is 0 Å². The van der Waals surface area contributed by atoms with Crippen LogP contribution in [0, 0.1) is 6.92 Å². The second kappa shape index (κ2) is 4.90. The molecule has 0 aromatic heterocycles. The molecule has 5 N–H and O–H groups in total. The Morgan fingerprint density at radius 3 is 1.56 bits per heavy atom. The van der Waals surface area contributed by atoms with Crippen LogP contribution in [0.5, 0.6) is 5.75 Å². The summed E-state index contributed by atoms with van der Waals surface area (Å²) in [5, 5.41) is 10.3. The van der Waals surface area contributed by atoms with Crippen LogP contribution in [0.4, 0.5) is 0 Å². The van der Waals surface area contributed by atoms with E-state index in [-0.39, 0.29) is 11.1 Å². The number of aryl methyl sites for hydroxylation is 1. The predicted octanol–water partition coefficient (Wildman–Crippen LogP) is 2.26. The van der Waals surface area contributed by atoms with Crippen molar-refractivity contribution < 1.29 is 5.11 Å². The van der Waals surface area contributed by atoms with E-state index in [2.05, 4.69) is 0 Å². The first-order chi connectivity index (χ1) is 7.98. The molecule has 3 heteroatoms. The Labute approximate surface area is 110 Å². The van der Waals surface area contributed by atoms with E-state index in [0.29, 0.717) is 18.6 Å². The van der Waals surface area contributed by atoms with Crippen molar-refractivity contribution >= 4 is 0 Å². The fourth-order valence-corrected chi connectivity index (χ4v) is 2.19. The zero-order valence-corrected chi connectivity index (χ0v) is 12.2. The Morgan fingerprint density at radius 2 is 1.28 bits per heavy atom. The van der Waals surface area contributed by atoms with Crippen LogP contribution in [0.1, 0.15) is 44.4 Å². The highest BCUT2D eigenvalue weighted by Gasteiger charge is 2.20. The summed E-state index contributed by atoms with van der Waals surface area (Å²) >= 11 is 0. The summed E-state index contributed by atoms with van der Waals surface area (Å²) in [6.07, 6.45) is 1.30. The zero-order chi connectivity index (χ0) is 14.1. The molecule has 0 atom stereocenters. The molecular weight excluding hydrogens is 224 g/mol. The van der Waals surface area contributed by atoms with Gasteiger partial charge in [0.05, 0.1) is 0 Å². The number of hydrogen-bond donors (Lipinski definition) is 3. The quantitative estimate of drug-likeness (QED) is 0.767. The average Bonchev–Trinajstić information content (AvgIpc) is 2.07. The molecule has 0 amide bonds. The second-order valence-corrected chi connectivity index (χ2v) is 6.76. The van der Waals surface area contributed by atoms with Crippen molar-refractivity contribution in [2.75, 3.05) is 0 Å². The molecular formula is C15H26N2O. The number of hydrogen-bond acceptors (Lipinski definition) is 3. The first kappa shape index (κ1) is 15.0. The van der Waals surface area contributed by atoms with E-state index < -0.39 is 0 Å². The Morgan fingerprint density at radius 1 is 0.944 bits per heavy atom. The third-order valence-electron chi connectivity index (χ3n) is 2.70. The summed E-state index contributed by atoms with van der Waals surface area (Å²) in [6, 6.07) is 3.99. The SMILES string of the molecule is Cc1cc(CC(C)(C)N)c(O)c(CC(C)(C)N)c1. The van der Waals surface area contributed by atoms with Gasteiger partial charge in [0.1, 0.15) is 5.75 Å². The van der Waals surface area contributed by atoms with Crippen molar-refractivity contribution in [3.63, 3.8) is 0 Å². The minimum Gasteiger partial charge on any atom is -0.507 e. The van der Waals surface area contributed by atoms with Crippen LogP contribution in [0.25, 0.3) is 0 Å². The normalized spacial score (nSPS) is 12.8. The molecule has 0 saturated carbocycles. The molecule has 0 saturated heterocycles. The summed E-state index contributed by atoms with van der Waals surface area (Å²) in [4.78, 5) is 0. The maximum absolute atomic E-state index is 10.3. The Balaban J connectivity index is 3.14. The van der Waals surface area contributed by atoms with Gasteiger partial charge >= 0.3 is 0 Å². The van der Waals surface area contributed by atoms with Crippen LogP contribution >= 0.6 is 0 Å². The highest BCUT2D eigenvalue weighted by Crippen LogP contribution is 2.29. The molecule has 3 nitrogen and oxygen atoms in total. The van der Waals surface area contributed by atoms with E-state index in [1.165, 1.54) is 0 Å². The summed E-state index contributed by atoms with van der Waals surface area (Å²) in [5.74, 6) is 0.345. The fraction of sp³-hybridized carbons (Fsp3) is 0.600. The van der Waals surface area contributed by atoms with Crippen molar-refractivity contribution in [1.82, 2.24) is 0 Å². The van der Waals surface area contributed by atoms with Gasteiger partial charge in [0.15, 0.2) is 0 Å². The van der Waals surface area contributed by atoms with E-state index in [9.17, 15) is 5.11 Å². The maximum Gasteiger partial charge on any atom is 0.122 e. The number of nitrogens with two attached hydrogens (primary N) is 2. The van der Waals surface area contributed by atoms with Crippen molar-refractivity contribution in [2.24, 2.45) is 11.5 Å². The third-order valence-corrected chi connectivity index (χ3v) is 2.70. The molecule has 102 valence electrons. The van der Waals surface area contributed by atoms with Crippen molar-refractivity contribution in [1.29, 1.82) is 0 Å². The van der Waals surface area contributed by atoms with Gasteiger partial charge in [0.2, 0.25) is 0 Å². The minimum absolute atomic E-state index is 0.333. The fourth-order valence-electron chi connectivity index (χ4n) is 2.19. The van der Waals surface area contributed by atoms with Gasteiger partial charge in [-0.3, -0.25) is 0 Å². The minimum atomic E-state index is -0.333. The van der Waals surface area contributed by atoms with Crippen LogP contribution in [0.2, 0.25) is 0 Å². The number of benzene rings is 1. The zero-order valence-electron chi connectivity index (χ0n) is 12.2. The number of phenolic OH excluding ortho intramolecular Hbond substituents is 1. The van der Waals surface area contributed by atoms with E-state index in [4.69, 9.17) is 11.5 Å². The van der Waals surface area contributed by atoms with Crippen LogP contribution in [-0.4, -0.2) is 16.2 Å². The van der Waals surface area contributed by atoms with Gasteiger partial charge in [0.25, 0.3) is 0 Å². The maximum atomic E-state index is 10.3. The molecule has 0 aliphatic rings. The van der Waals surface area contributed by atoms with Crippen LogP contribution in [-0.2, 0) is 12.8 Å². The van der Waals surface area contributed by atoms with Gasteiger partial charge in [0, 0.05) is 11.1 Å². The largest absolute Gasteiger partial charge is 0.507 e. The Kier molecular flexibility index (Phi) is 4.08. The van der Waals surface area contributed by atoms with Gasteiger partial charge in [-0.05, 0) is 58.6 Å². The lowest BCUT2D eigenvalue weighted by Gasteiger charge is -2.23. The smallest absolute Gasteiger partial charge is 0.122 e. The molecule has 0 unspecified atom stereocenters. The molecule has 0 bridgehead atoms. The molecule has 0 spiro atoms. The molecule has 0 aliphatic heterocycles. The first-order valence-electron chi connectivity index (χ1n) is 6.37. The number of phenols is 1. The van der Waals surface area contributed by atoms with Crippen LogP contribution < -0.4 is 11.5 Å². The lowest BCUT2D eigenvalue weighted by atomic mass is 9.89. The highest BCUT2D eigenvalue weighted by atomic mass is 16.3. The molecule has 0 aliphatic carbocycles. The van der Waals surface area contributed by atoms with Crippen molar-refractivity contribution in [3.05, 3.63) is 28.8 Å². The van der Waals surface area contributed by atoms with Crippen LogP contribution in [0.3, 0.4) is 0 Å².